The minimum atomic E-state index is -0.286. The summed E-state index contributed by atoms with van der Waals surface area (Å²) in [5.74, 6) is -0.248. The Bertz CT molecular complexity index is 735. The molecule has 0 saturated heterocycles. The number of phenols is 2. The Morgan fingerprint density at radius 1 is 1.05 bits per heavy atom. The summed E-state index contributed by atoms with van der Waals surface area (Å²) >= 11 is 0. The molecule has 0 amide bonds. The topological polar surface area (TPSA) is 144 Å². The van der Waals surface area contributed by atoms with Gasteiger partial charge < -0.3 is 20.5 Å². The van der Waals surface area contributed by atoms with Crippen molar-refractivity contribution in [3.8, 4) is 34.5 Å². The first-order valence-electron chi connectivity index (χ1n) is 5.09. The van der Waals surface area contributed by atoms with Crippen molar-refractivity contribution in [1.29, 1.82) is 0 Å². The van der Waals surface area contributed by atoms with E-state index >= 15 is 0 Å². The first-order chi connectivity index (χ1) is 9.15. The Hall–Kier alpha value is -3.10. The Morgan fingerprint density at radius 3 is 2.58 bits per heavy atom. The third kappa shape index (κ3) is 1.82. The standard InChI is InChI=1S/C10H7N5O4/c11-8-7(13-19-14-8)10-12-9(15-18-10)4-1-2-5(16)6(17)3-4/h1-3,16-17H,(H2,11,14). The molecule has 0 radical (unpaired) electrons. The van der Waals surface area contributed by atoms with Crippen molar-refractivity contribution in [2.45, 2.75) is 0 Å². The number of hydrogen-bond acceptors (Lipinski definition) is 9. The number of hydrogen-bond donors (Lipinski definition) is 3. The summed E-state index contributed by atoms with van der Waals surface area (Å²) in [4.78, 5) is 4.04. The molecule has 0 atom stereocenters. The molecule has 19 heavy (non-hydrogen) atoms. The van der Waals surface area contributed by atoms with E-state index in [4.69, 9.17) is 10.3 Å². The first-order valence-corrected chi connectivity index (χ1v) is 5.09. The molecule has 0 unspecified atom stereocenters. The van der Waals surface area contributed by atoms with Crippen molar-refractivity contribution in [3.63, 3.8) is 0 Å². The van der Waals surface area contributed by atoms with Crippen LogP contribution >= 0.6 is 0 Å². The Balaban J connectivity index is 2.01. The van der Waals surface area contributed by atoms with E-state index < -0.39 is 0 Å². The Labute approximate surface area is 105 Å². The van der Waals surface area contributed by atoms with Crippen LogP contribution in [0.15, 0.2) is 27.4 Å². The molecule has 9 heteroatoms. The third-order valence-electron chi connectivity index (χ3n) is 2.38. The second-order valence-corrected chi connectivity index (χ2v) is 3.62. The van der Waals surface area contributed by atoms with E-state index in [1.165, 1.54) is 18.2 Å². The summed E-state index contributed by atoms with van der Waals surface area (Å²) in [7, 11) is 0. The summed E-state index contributed by atoms with van der Waals surface area (Å²) in [5, 5.41) is 29.3. The molecule has 0 aliphatic rings. The Kier molecular flexibility index (Phi) is 2.31. The summed E-state index contributed by atoms with van der Waals surface area (Å²) in [5.41, 5.74) is 6.10. The van der Waals surface area contributed by atoms with Gasteiger partial charge in [-0.3, -0.25) is 0 Å². The number of aromatic nitrogens is 4. The second-order valence-electron chi connectivity index (χ2n) is 3.62. The number of anilines is 1. The van der Waals surface area contributed by atoms with Crippen molar-refractivity contribution >= 4 is 5.82 Å². The van der Waals surface area contributed by atoms with Gasteiger partial charge in [-0.15, -0.1) is 0 Å². The van der Waals surface area contributed by atoms with Crippen LogP contribution in [0, 0.1) is 0 Å². The van der Waals surface area contributed by atoms with Gasteiger partial charge in [0.25, 0.3) is 5.89 Å². The van der Waals surface area contributed by atoms with Crippen LogP contribution in [0.5, 0.6) is 11.5 Å². The highest BCUT2D eigenvalue weighted by molar-refractivity contribution is 5.65. The van der Waals surface area contributed by atoms with Crippen LogP contribution in [0.2, 0.25) is 0 Å². The molecule has 1 aromatic carbocycles. The van der Waals surface area contributed by atoms with Crippen molar-refractivity contribution in [1.82, 2.24) is 20.5 Å². The van der Waals surface area contributed by atoms with E-state index in [0.717, 1.165) is 0 Å². The Morgan fingerprint density at radius 2 is 1.89 bits per heavy atom. The normalized spacial score (nSPS) is 10.7. The minimum absolute atomic E-state index is 0.0313. The maximum absolute atomic E-state index is 9.40. The van der Waals surface area contributed by atoms with Gasteiger partial charge >= 0.3 is 0 Å². The molecule has 3 aromatic rings. The zero-order chi connectivity index (χ0) is 13.4. The predicted molar refractivity (Wildman–Crippen MR) is 60.8 cm³/mol. The van der Waals surface area contributed by atoms with Crippen LogP contribution in [0.4, 0.5) is 5.82 Å². The highest BCUT2D eigenvalue weighted by Crippen LogP contribution is 2.30. The number of nitrogens with zero attached hydrogens (tertiary/aromatic N) is 4. The van der Waals surface area contributed by atoms with Gasteiger partial charge in [-0.05, 0) is 28.5 Å². The molecule has 0 fully saturated rings. The molecule has 0 saturated carbocycles. The second kappa shape index (κ2) is 3.98. The average molecular weight is 261 g/mol. The van der Waals surface area contributed by atoms with E-state index in [2.05, 4.69) is 25.1 Å². The van der Waals surface area contributed by atoms with Gasteiger partial charge in [0.1, 0.15) is 0 Å². The SMILES string of the molecule is Nc1nonc1-c1nc(-c2ccc(O)c(O)c2)no1. The summed E-state index contributed by atoms with van der Waals surface area (Å²) in [6.45, 7) is 0. The summed E-state index contributed by atoms with van der Waals surface area (Å²) < 4.78 is 9.39. The van der Waals surface area contributed by atoms with E-state index in [0.29, 0.717) is 5.56 Å². The fourth-order valence-corrected chi connectivity index (χ4v) is 1.44. The lowest BCUT2D eigenvalue weighted by Gasteiger charge is -1.98. The lowest BCUT2D eigenvalue weighted by atomic mass is 10.2. The van der Waals surface area contributed by atoms with Gasteiger partial charge in [0.15, 0.2) is 11.5 Å². The van der Waals surface area contributed by atoms with E-state index in [-0.39, 0.29) is 34.7 Å². The average Bonchev–Trinajstić information content (AvgIpc) is 3.01. The molecule has 3 rings (SSSR count). The lowest BCUT2D eigenvalue weighted by molar-refractivity contribution is 0.308. The van der Waals surface area contributed by atoms with Crippen LogP contribution in [0.25, 0.3) is 23.0 Å². The molecular weight excluding hydrogens is 254 g/mol. The smallest absolute Gasteiger partial charge is 0.284 e. The first kappa shape index (κ1) is 11.0. The molecular formula is C10H7N5O4. The van der Waals surface area contributed by atoms with Gasteiger partial charge in [-0.25, -0.2) is 4.63 Å². The van der Waals surface area contributed by atoms with Gasteiger partial charge in [-0.2, -0.15) is 4.98 Å². The van der Waals surface area contributed by atoms with Gasteiger partial charge in [0.2, 0.25) is 17.3 Å². The quantitative estimate of drug-likeness (QED) is 0.569. The van der Waals surface area contributed by atoms with E-state index in [1.807, 2.05) is 0 Å². The number of nitrogens with two attached hydrogens (primary N) is 1. The maximum atomic E-state index is 9.40. The van der Waals surface area contributed by atoms with Crippen molar-refractivity contribution < 1.29 is 19.4 Å². The molecule has 4 N–H and O–H groups in total. The highest BCUT2D eigenvalue weighted by Gasteiger charge is 2.18. The van der Waals surface area contributed by atoms with Crippen LogP contribution in [-0.4, -0.2) is 30.7 Å². The van der Waals surface area contributed by atoms with Crippen molar-refractivity contribution in [2.75, 3.05) is 5.73 Å². The highest BCUT2D eigenvalue weighted by atomic mass is 16.6. The van der Waals surface area contributed by atoms with E-state index in [9.17, 15) is 10.2 Å². The summed E-state index contributed by atoms with van der Waals surface area (Å²) in [6, 6.07) is 4.13. The molecule has 9 nitrogen and oxygen atoms in total. The number of aromatic hydroxyl groups is 2. The fourth-order valence-electron chi connectivity index (χ4n) is 1.44. The fraction of sp³-hybridized carbons (Fsp3) is 0. The lowest BCUT2D eigenvalue weighted by Crippen LogP contribution is -1.88. The maximum Gasteiger partial charge on any atom is 0.284 e. The molecule has 0 spiro atoms. The predicted octanol–water partition coefficient (Wildman–Crippen LogP) is 0.780. The third-order valence-corrected chi connectivity index (χ3v) is 2.38. The molecule has 0 aliphatic heterocycles. The number of rotatable bonds is 2. The van der Waals surface area contributed by atoms with Gasteiger partial charge in [0, 0.05) is 5.56 Å². The number of nitrogen functional groups attached to an aromatic ring is 1. The zero-order valence-corrected chi connectivity index (χ0v) is 9.31. The van der Waals surface area contributed by atoms with Crippen LogP contribution in [0.1, 0.15) is 0 Å². The molecule has 0 aliphatic carbocycles. The number of phenolic OH excluding ortho intramolecular Hbond substituents is 2. The number of benzene rings is 1. The molecule has 0 bridgehead atoms. The van der Waals surface area contributed by atoms with Crippen molar-refractivity contribution in [2.24, 2.45) is 0 Å². The monoisotopic (exact) mass is 261 g/mol. The van der Waals surface area contributed by atoms with E-state index in [1.54, 1.807) is 0 Å². The minimum Gasteiger partial charge on any atom is -0.504 e. The molecule has 96 valence electrons. The largest absolute Gasteiger partial charge is 0.504 e. The van der Waals surface area contributed by atoms with Crippen LogP contribution in [0.3, 0.4) is 0 Å². The summed E-state index contributed by atoms with van der Waals surface area (Å²) in [6.07, 6.45) is 0. The zero-order valence-electron chi connectivity index (χ0n) is 9.31. The van der Waals surface area contributed by atoms with Gasteiger partial charge in [-0.1, -0.05) is 5.16 Å². The molecule has 2 heterocycles. The van der Waals surface area contributed by atoms with Crippen LogP contribution in [-0.2, 0) is 0 Å². The van der Waals surface area contributed by atoms with Crippen LogP contribution < -0.4 is 5.73 Å². The molecule has 2 aromatic heterocycles. The van der Waals surface area contributed by atoms with Crippen molar-refractivity contribution in [3.05, 3.63) is 18.2 Å². The van der Waals surface area contributed by atoms with Gasteiger partial charge in [0.05, 0.1) is 0 Å².